The Labute approximate surface area is 201 Å². The number of aromatic nitrogens is 1. The number of nitrogens with zero attached hydrogens (tertiary/aromatic N) is 2. The van der Waals surface area contributed by atoms with E-state index in [-0.39, 0.29) is 18.1 Å². The molecule has 2 aliphatic carbocycles. The van der Waals surface area contributed by atoms with Crippen LogP contribution in [0, 0.1) is 5.92 Å². The average Bonchev–Trinajstić information content (AvgIpc) is 3.26. The molecule has 0 spiro atoms. The van der Waals surface area contributed by atoms with E-state index < -0.39 is 29.1 Å². The van der Waals surface area contributed by atoms with Crippen LogP contribution in [0.15, 0.2) is 81.1 Å². The Morgan fingerprint density at radius 3 is 2.44 bits per heavy atom. The number of allylic oxidation sites excluding steroid dienone is 1. The number of ether oxygens (including phenoxy) is 1. The number of benzene rings is 2. The Hall–Kier alpha value is -3.20. The molecule has 1 heterocycles. The Morgan fingerprint density at radius 1 is 1.09 bits per heavy atom. The van der Waals surface area contributed by atoms with Crippen LogP contribution in [0.1, 0.15) is 34.1 Å². The number of rotatable bonds is 6. The summed E-state index contributed by atoms with van der Waals surface area (Å²) in [6, 6.07) is 18.3. The lowest BCUT2D eigenvalue weighted by molar-refractivity contribution is -0.137. The Morgan fingerprint density at radius 2 is 1.76 bits per heavy atom. The van der Waals surface area contributed by atoms with Gasteiger partial charge in [0.15, 0.2) is 11.4 Å². The fraction of sp³-hybridized carbons (Fsp3) is 0.269. The van der Waals surface area contributed by atoms with Gasteiger partial charge in [0.1, 0.15) is 12.2 Å². The zero-order valence-corrected chi connectivity index (χ0v) is 19.6. The van der Waals surface area contributed by atoms with E-state index >= 15 is 0 Å². The summed E-state index contributed by atoms with van der Waals surface area (Å²) in [5.74, 6) is -1.73. The first-order valence-electron chi connectivity index (χ1n) is 11.0. The second-order valence-electron chi connectivity index (χ2n) is 8.66. The van der Waals surface area contributed by atoms with Crippen LogP contribution in [-0.4, -0.2) is 46.4 Å². The van der Waals surface area contributed by atoms with Crippen LogP contribution in [0.5, 0.6) is 5.88 Å². The topological polar surface area (TPSA) is 92.9 Å². The summed E-state index contributed by atoms with van der Waals surface area (Å²) in [7, 11) is 3.64. The minimum atomic E-state index is -2.23. The van der Waals surface area contributed by atoms with Crippen molar-refractivity contribution >= 4 is 23.3 Å². The largest absolute Gasteiger partial charge is 0.470 e. The van der Waals surface area contributed by atoms with Gasteiger partial charge in [-0.3, -0.25) is 14.5 Å². The summed E-state index contributed by atoms with van der Waals surface area (Å²) in [6.07, 6.45) is 2.14. The maximum absolute atomic E-state index is 13.7. The third kappa shape index (κ3) is 3.68. The molecule has 0 aliphatic heterocycles. The Kier molecular flexibility index (Phi) is 5.89. The molecule has 2 aliphatic rings. The van der Waals surface area contributed by atoms with Crippen molar-refractivity contribution in [3.63, 3.8) is 0 Å². The molecular formula is C26H24N2O5S. The minimum Gasteiger partial charge on any atom is -0.470 e. The molecule has 0 unspecified atom stereocenters. The van der Waals surface area contributed by atoms with Crippen LogP contribution in [0.4, 0.5) is 0 Å². The first kappa shape index (κ1) is 22.6. The smallest absolute Gasteiger partial charge is 0.265 e. The number of hydrogen-bond acceptors (Lipinski definition) is 8. The van der Waals surface area contributed by atoms with Crippen molar-refractivity contribution in [3.8, 4) is 5.88 Å². The van der Waals surface area contributed by atoms with Gasteiger partial charge in [0.05, 0.1) is 10.9 Å². The van der Waals surface area contributed by atoms with E-state index in [1.807, 2.05) is 79.7 Å². The minimum absolute atomic E-state index is 0.0119. The number of hydrogen-bond donors (Lipinski definition) is 1. The molecule has 5 rings (SSSR count). The zero-order valence-electron chi connectivity index (χ0n) is 18.8. The number of carbonyl (C=O) groups excluding carboxylic acids is 2. The zero-order chi connectivity index (χ0) is 23.9. The highest BCUT2D eigenvalue weighted by Gasteiger charge is 2.62. The van der Waals surface area contributed by atoms with Crippen molar-refractivity contribution in [1.82, 2.24) is 10.1 Å². The molecule has 7 nitrogen and oxygen atoms in total. The molecule has 1 N–H and O–H groups in total. The van der Waals surface area contributed by atoms with Crippen LogP contribution in [0.25, 0.3) is 0 Å². The lowest BCUT2D eigenvalue weighted by Crippen LogP contribution is -2.60. The highest BCUT2D eigenvalue weighted by molar-refractivity contribution is 8.04. The van der Waals surface area contributed by atoms with Gasteiger partial charge in [0, 0.05) is 10.8 Å². The second-order valence-corrected chi connectivity index (χ2v) is 9.78. The maximum atomic E-state index is 13.7. The predicted molar refractivity (Wildman–Crippen MR) is 126 cm³/mol. The monoisotopic (exact) mass is 476 g/mol. The van der Waals surface area contributed by atoms with Crippen molar-refractivity contribution in [2.24, 2.45) is 5.92 Å². The number of carbonyl (C=O) groups is 2. The van der Waals surface area contributed by atoms with Crippen LogP contribution < -0.4 is 4.74 Å². The molecule has 3 aromatic rings. The number of Topliss-reactive ketones (excluding diaryl/α,β-unsaturated/α-hetero) is 2. The lowest BCUT2D eigenvalue weighted by atomic mass is 9.65. The van der Waals surface area contributed by atoms with Crippen LogP contribution in [-0.2, 0) is 11.4 Å². The van der Waals surface area contributed by atoms with Gasteiger partial charge in [-0.05, 0) is 43.4 Å². The normalized spacial score (nSPS) is 23.9. The Balaban J connectivity index is 1.51. The highest BCUT2D eigenvalue weighted by Crippen LogP contribution is 2.52. The molecule has 1 aromatic heterocycles. The lowest BCUT2D eigenvalue weighted by Gasteiger charge is -2.45. The van der Waals surface area contributed by atoms with E-state index in [0.29, 0.717) is 17.1 Å². The molecule has 34 heavy (non-hydrogen) atoms. The van der Waals surface area contributed by atoms with Gasteiger partial charge < -0.3 is 14.4 Å². The third-order valence-electron chi connectivity index (χ3n) is 6.32. The van der Waals surface area contributed by atoms with E-state index in [0.717, 1.165) is 10.5 Å². The number of thioether (sulfide) groups is 1. The fourth-order valence-electron chi connectivity index (χ4n) is 4.68. The van der Waals surface area contributed by atoms with E-state index in [4.69, 9.17) is 9.26 Å². The fourth-order valence-corrected chi connectivity index (χ4v) is 5.65. The SMILES string of the molecule is CN(C)[C@@H]1c2onc(OCc3ccccc3)c2C(=O)[C@@]2(O)C(=O)C(Sc3ccccc3)=CC[C@@H]12. The molecule has 3 atom stereocenters. The molecule has 0 radical (unpaired) electrons. The van der Waals surface area contributed by atoms with Gasteiger partial charge in [-0.2, -0.15) is 0 Å². The molecule has 0 amide bonds. The highest BCUT2D eigenvalue weighted by atomic mass is 32.2. The van der Waals surface area contributed by atoms with E-state index in [9.17, 15) is 14.7 Å². The molecule has 0 bridgehead atoms. The average molecular weight is 477 g/mol. The molecule has 174 valence electrons. The molecule has 2 aromatic carbocycles. The number of fused-ring (bicyclic) bond motifs is 2. The molecule has 0 saturated heterocycles. The third-order valence-corrected chi connectivity index (χ3v) is 7.40. The van der Waals surface area contributed by atoms with E-state index in [1.54, 1.807) is 6.08 Å². The summed E-state index contributed by atoms with van der Waals surface area (Å²) in [5, 5.41) is 15.8. The van der Waals surface area contributed by atoms with Crippen molar-refractivity contribution in [2.45, 2.75) is 29.6 Å². The standard InChI is InChI=1S/C26H24N2O5S/c1-28(2)21-18-13-14-19(34-17-11-7-4-8-12-17)23(29)26(18,31)24(30)20-22(21)33-27-25(20)32-15-16-9-5-3-6-10-16/h3-12,14,18,21,31H,13,15H2,1-2H3/t18-,21-,26-/m0/s1. The maximum Gasteiger partial charge on any atom is 0.265 e. The van der Waals surface area contributed by atoms with Crippen LogP contribution in [0.3, 0.4) is 0 Å². The van der Waals surface area contributed by atoms with Gasteiger partial charge >= 0.3 is 0 Å². The summed E-state index contributed by atoms with van der Waals surface area (Å²) in [4.78, 5) is 30.4. The molecule has 8 heteroatoms. The van der Waals surface area contributed by atoms with E-state index in [1.165, 1.54) is 11.8 Å². The van der Waals surface area contributed by atoms with Gasteiger partial charge in [-0.25, -0.2) is 0 Å². The van der Waals surface area contributed by atoms with Gasteiger partial charge in [0.25, 0.3) is 5.88 Å². The summed E-state index contributed by atoms with van der Waals surface area (Å²) >= 11 is 1.25. The van der Waals surface area contributed by atoms with Crippen molar-refractivity contribution in [2.75, 3.05) is 14.1 Å². The van der Waals surface area contributed by atoms with Gasteiger partial charge in [-0.15, -0.1) is 0 Å². The quantitative estimate of drug-likeness (QED) is 0.533. The molecule has 0 saturated carbocycles. The van der Waals surface area contributed by atoms with Crippen molar-refractivity contribution < 1.29 is 24.0 Å². The molecule has 0 fully saturated rings. The first-order valence-corrected chi connectivity index (χ1v) is 11.8. The van der Waals surface area contributed by atoms with Crippen LogP contribution >= 0.6 is 11.8 Å². The summed E-state index contributed by atoms with van der Waals surface area (Å²) in [6.45, 7) is 0.171. The van der Waals surface area contributed by atoms with Gasteiger partial charge in [0.2, 0.25) is 11.6 Å². The second kappa shape index (κ2) is 8.87. The number of ketones is 2. The van der Waals surface area contributed by atoms with Gasteiger partial charge in [-0.1, -0.05) is 66.4 Å². The Bertz CT molecular complexity index is 1250. The van der Waals surface area contributed by atoms with Crippen molar-refractivity contribution in [3.05, 3.63) is 88.5 Å². The van der Waals surface area contributed by atoms with E-state index in [2.05, 4.69) is 5.16 Å². The summed E-state index contributed by atoms with van der Waals surface area (Å²) in [5.41, 5.74) is -1.31. The first-order chi connectivity index (χ1) is 16.4. The summed E-state index contributed by atoms with van der Waals surface area (Å²) < 4.78 is 11.4. The number of aliphatic hydroxyl groups is 1. The van der Waals surface area contributed by atoms with Crippen LogP contribution in [0.2, 0.25) is 0 Å². The predicted octanol–water partition coefficient (Wildman–Crippen LogP) is 4.05. The van der Waals surface area contributed by atoms with Crippen molar-refractivity contribution in [1.29, 1.82) is 0 Å². The molecular weight excluding hydrogens is 452 g/mol.